The minimum atomic E-state index is 0.331. The monoisotopic (exact) mass is 249 g/mol. The van der Waals surface area contributed by atoms with Gasteiger partial charge in [-0.05, 0) is 36.0 Å². The lowest BCUT2D eigenvalue weighted by Gasteiger charge is -2.29. The maximum atomic E-state index is 5.50. The normalized spacial score (nSPS) is 11.9. The molecule has 0 aliphatic rings. The van der Waals surface area contributed by atoms with Gasteiger partial charge >= 0.3 is 0 Å². The van der Waals surface area contributed by atoms with Gasteiger partial charge in [0.1, 0.15) is 5.75 Å². The van der Waals surface area contributed by atoms with E-state index in [4.69, 9.17) is 4.74 Å². The van der Waals surface area contributed by atoms with E-state index in [1.165, 1.54) is 5.56 Å². The maximum absolute atomic E-state index is 5.50. The first-order valence-electron chi connectivity index (χ1n) is 6.88. The summed E-state index contributed by atoms with van der Waals surface area (Å²) in [4.78, 5) is 0. The molecular weight excluding hydrogens is 222 g/mol. The van der Waals surface area contributed by atoms with E-state index in [1.54, 1.807) is 0 Å². The molecule has 1 N–H and O–H groups in total. The van der Waals surface area contributed by atoms with Gasteiger partial charge in [0.15, 0.2) is 0 Å². The van der Waals surface area contributed by atoms with Crippen LogP contribution in [0.15, 0.2) is 24.3 Å². The number of nitrogens with one attached hydrogen (secondary N) is 1. The highest BCUT2D eigenvalue weighted by Gasteiger charge is 2.21. The van der Waals surface area contributed by atoms with Crippen LogP contribution in [0, 0.1) is 11.3 Å². The second kappa shape index (κ2) is 6.79. The highest BCUT2D eigenvalue weighted by Crippen LogP contribution is 2.24. The number of ether oxygens (including phenoxy) is 1. The van der Waals surface area contributed by atoms with E-state index in [9.17, 15) is 0 Å². The average molecular weight is 249 g/mol. The van der Waals surface area contributed by atoms with E-state index in [-0.39, 0.29) is 0 Å². The first-order valence-corrected chi connectivity index (χ1v) is 6.88. The van der Waals surface area contributed by atoms with Crippen LogP contribution in [0.3, 0.4) is 0 Å². The summed E-state index contributed by atoms with van der Waals surface area (Å²) in [5.41, 5.74) is 1.61. The predicted molar refractivity (Wildman–Crippen MR) is 77.9 cm³/mol. The SMILES string of the molecule is CCOc1cccc(CNCC(C)(C)C(C)C)c1. The molecule has 0 spiro atoms. The van der Waals surface area contributed by atoms with Crippen molar-refractivity contribution in [3.8, 4) is 5.75 Å². The molecule has 0 unspecified atom stereocenters. The van der Waals surface area contributed by atoms with Crippen LogP contribution in [0.5, 0.6) is 5.75 Å². The van der Waals surface area contributed by atoms with Gasteiger partial charge in [-0.1, -0.05) is 39.8 Å². The zero-order valence-electron chi connectivity index (χ0n) is 12.4. The molecule has 0 radical (unpaired) electrons. The Labute approximate surface area is 112 Å². The Morgan fingerprint density at radius 2 is 2.00 bits per heavy atom. The molecule has 18 heavy (non-hydrogen) atoms. The Hall–Kier alpha value is -1.02. The molecule has 0 fully saturated rings. The number of benzene rings is 1. The summed E-state index contributed by atoms with van der Waals surface area (Å²) in [5.74, 6) is 1.64. The predicted octanol–water partition coefficient (Wildman–Crippen LogP) is 3.86. The van der Waals surface area contributed by atoms with Crippen LogP contribution < -0.4 is 10.1 Å². The van der Waals surface area contributed by atoms with Crippen LogP contribution in [0.2, 0.25) is 0 Å². The minimum absolute atomic E-state index is 0.331. The Morgan fingerprint density at radius 3 is 2.61 bits per heavy atom. The topological polar surface area (TPSA) is 21.3 Å². The van der Waals surface area contributed by atoms with Gasteiger partial charge in [-0.15, -0.1) is 0 Å². The van der Waals surface area contributed by atoms with Gasteiger partial charge in [0, 0.05) is 13.1 Å². The summed E-state index contributed by atoms with van der Waals surface area (Å²) in [6.07, 6.45) is 0. The third-order valence-electron chi connectivity index (χ3n) is 3.68. The quantitative estimate of drug-likeness (QED) is 0.792. The summed E-state index contributed by atoms with van der Waals surface area (Å²) < 4.78 is 5.50. The second-order valence-corrected chi connectivity index (χ2v) is 5.83. The lowest BCUT2D eigenvalue weighted by atomic mass is 9.81. The first-order chi connectivity index (χ1) is 8.45. The van der Waals surface area contributed by atoms with Crippen molar-refractivity contribution in [2.75, 3.05) is 13.2 Å². The van der Waals surface area contributed by atoms with Crippen molar-refractivity contribution >= 4 is 0 Å². The van der Waals surface area contributed by atoms with Crippen LogP contribution >= 0.6 is 0 Å². The van der Waals surface area contributed by atoms with Crippen molar-refractivity contribution in [1.82, 2.24) is 5.32 Å². The molecule has 0 saturated heterocycles. The highest BCUT2D eigenvalue weighted by molar-refractivity contribution is 5.28. The van der Waals surface area contributed by atoms with Gasteiger partial charge in [0.25, 0.3) is 0 Å². The third kappa shape index (κ3) is 4.69. The zero-order valence-corrected chi connectivity index (χ0v) is 12.4. The van der Waals surface area contributed by atoms with Crippen LogP contribution in [-0.2, 0) is 6.54 Å². The molecule has 2 heteroatoms. The van der Waals surface area contributed by atoms with E-state index < -0.39 is 0 Å². The molecular formula is C16H27NO. The Morgan fingerprint density at radius 1 is 1.28 bits per heavy atom. The van der Waals surface area contributed by atoms with E-state index in [0.29, 0.717) is 11.3 Å². The molecule has 1 aromatic carbocycles. The molecule has 0 aromatic heterocycles. The molecule has 0 heterocycles. The molecule has 1 rings (SSSR count). The molecule has 0 bridgehead atoms. The number of hydrogen-bond acceptors (Lipinski definition) is 2. The fourth-order valence-electron chi connectivity index (χ4n) is 1.65. The van der Waals surface area contributed by atoms with Gasteiger partial charge in [-0.3, -0.25) is 0 Å². The second-order valence-electron chi connectivity index (χ2n) is 5.83. The Bertz CT molecular complexity index is 358. The molecule has 2 nitrogen and oxygen atoms in total. The van der Waals surface area contributed by atoms with Crippen LogP contribution in [0.25, 0.3) is 0 Å². The maximum Gasteiger partial charge on any atom is 0.119 e. The van der Waals surface area contributed by atoms with Crippen LogP contribution in [0.4, 0.5) is 0 Å². The van der Waals surface area contributed by atoms with E-state index in [2.05, 4.69) is 51.2 Å². The highest BCUT2D eigenvalue weighted by atomic mass is 16.5. The fraction of sp³-hybridized carbons (Fsp3) is 0.625. The molecule has 0 aliphatic heterocycles. The van der Waals surface area contributed by atoms with E-state index in [0.717, 1.165) is 25.4 Å². The summed E-state index contributed by atoms with van der Waals surface area (Å²) in [7, 11) is 0. The summed E-state index contributed by atoms with van der Waals surface area (Å²) >= 11 is 0. The molecule has 0 saturated carbocycles. The van der Waals surface area contributed by atoms with E-state index in [1.807, 2.05) is 13.0 Å². The summed E-state index contributed by atoms with van der Waals surface area (Å²) in [6.45, 7) is 13.8. The first kappa shape index (κ1) is 15.0. The third-order valence-corrected chi connectivity index (χ3v) is 3.68. The Kier molecular flexibility index (Phi) is 5.67. The summed E-state index contributed by atoms with van der Waals surface area (Å²) in [6, 6.07) is 8.30. The lowest BCUT2D eigenvalue weighted by Crippen LogP contribution is -2.33. The molecule has 0 atom stereocenters. The van der Waals surface area contributed by atoms with Crippen LogP contribution in [-0.4, -0.2) is 13.2 Å². The van der Waals surface area contributed by atoms with Crippen LogP contribution in [0.1, 0.15) is 40.2 Å². The number of hydrogen-bond donors (Lipinski definition) is 1. The minimum Gasteiger partial charge on any atom is -0.494 e. The summed E-state index contributed by atoms with van der Waals surface area (Å²) in [5, 5.41) is 3.54. The van der Waals surface area contributed by atoms with Gasteiger partial charge in [-0.25, -0.2) is 0 Å². The van der Waals surface area contributed by atoms with Crippen molar-refractivity contribution in [2.45, 2.75) is 41.2 Å². The van der Waals surface area contributed by atoms with Crippen molar-refractivity contribution < 1.29 is 4.74 Å². The molecule has 0 aliphatic carbocycles. The van der Waals surface area contributed by atoms with E-state index >= 15 is 0 Å². The van der Waals surface area contributed by atoms with Crippen molar-refractivity contribution in [2.24, 2.45) is 11.3 Å². The van der Waals surface area contributed by atoms with Gasteiger partial charge in [0.2, 0.25) is 0 Å². The standard InChI is InChI=1S/C16H27NO/c1-6-18-15-9-7-8-14(10-15)11-17-12-16(4,5)13(2)3/h7-10,13,17H,6,11-12H2,1-5H3. The molecule has 1 aromatic rings. The average Bonchev–Trinajstić information content (AvgIpc) is 2.29. The zero-order chi connectivity index (χ0) is 13.6. The largest absolute Gasteiger partial charge is 0.494 e. The lowest BCUT2D eigenvalue weighted by molar-refractivity contribution is 0.238. The van der Waals surface area contributed by atoms with Crippen molar-refractivity contribution in [3.63, 3.8) is 0 Å². The van der Waals surface area contributed by atoms with Crippen molar-refractivity contribution in [1.29, 1.82) is 0 Å². The van der Waals surface area contributed by atoms with Gasteiger partial charge in [-0.2, -0.15) is 0 Å². The number of rotatable bonds is 7. The molecule has 0 amide bonds. The fourth-order valence-corrected chi connectivity index (χ4v) is 1.65. The van der Waals surface area contributed by atoms with Gasteiger partial charge in [0.05, 0.1) is 6.61 Å². The molecule has 102 valence electrons. The smallest absolute Gasteiger partial charge is 0.119 e. The Balaban J connectivity index is 2.46. The van der Waals surface area contributed by atoms with Gasteiger partial charge < -0.3 is 10.1 Å². The van der Waals surface area contributed by atoms with Crippen molar-refractivity contribution in [3.05, 3.63) is 29.8 Å².